The Hall–Kier alpha value is -0.650. The minimum absolute atomic E-state index is 0.0811. The quantitative estimate of drug-likeness (QED) is 0.719. The van der Waals surface area contributed by atoms with Gasteiger partial charge in [-0.05, 0) is 50.7 Å². The molecule has 1 atom stereocenters. The SMILES string of the molecule is CC(C)(C)[C@H](O)CN1CCN(C(=O)CCCCN2CCCC2)CC1. The molecule has 0 aliphatic carbocycles. The number of rotatable bonds is 7. The van der Waals surface area contributed by atoms with Crippen molar-refractivity contribution in [3.63, 3.8) is 0 Å². The van der Waals surface area contributed by atoms with E-state index in [1.807, 2.05) is 4.90 Å². The molecule has 1 N–H and O–H groups in total. The zero-order valence-electron chi connectivity index (χ0n) is 16.0. The lowest BCUT2D eigenvalue weighted by Gasteiger charge is -2.38. The molecule has 0 aromatic rings. The molecule has 2 aliphatic rings. The molecule has 5 nitrogen and oxygen atoms in total. The van der Waals surface area contributed by atoms with Gasteiger partial charge in [0.05, 0.1) is 6.10 Å². The van der Waals surface area contributed by atoms with Gasteiger partial charge in [0.2, 0.25) is 5.91 Å². The first-order valence-electron chi connectivity index (χ1n) is 9.77. The van der Waals surface area contributed by atoms with E-state index >= 15 is 0 Å². The molecule has 0 unspecified atom stereocenters. The molecule has 0 radical (unpaired) electrons. The molecule has 140 valence electrons. The summed E-state index contributed by atoms with van der Waals surface area (Å²) in [6.07, 6.45) is 5.21. The van der Waals surface area contributed by atoms with E-state index < -0.39 is 0 Å². The maximum absolute atomic E-state index is 12.3. The molecule has 5 heteroatoms. The van der Waals surface area contributed by atoms with Crippen LogP contribution in [0.1, 0.15) is 52.9 Å². The highest BCUT2D eigenvalue weighted by molar-refractivity contribution is 5.76. The van der Waals surface area contributed by atoms with Crippen molar-refractivity contribution in [1.82, 2.24) is 14.7 Å². The van der Waals surface area contributed by atoms with Gasteiger partial charge in [-0.2, -0.15) is 0 Å². The van der Waals surface area contributed by atoms with Crippen LogP contribution in [0.5, 0.6) is 0 Å². The number of hydrogen-bond acceptors (Lipinski definition) is 4. The number of unbranched alkanes of at least 4 members (excludes halogenated alkanes) is 1. The third-order valence-corrected chi connectivity index (χ3v) is 5.47. The molecule has 24 heavy (non-hydrogen) atoms. The molecule has 2 fully saturated rings. The van der Waals surface area contributed by atoms with E-state index in [0.717, 1.165) is 45.6 Å². The fourth-order valence-electron chi connectivity index (χ4n) is 3.47. The number of aliphatic hydroxyl groups excluding tert-OH is 1. The molecule has 0 bridgehead atoms. The molecule has 2 saturated heterocycles. The van der Waals surface area contributed by atoms with Crippen LogP contribution in [-0.2, 0) is 4.79 Å². The third-order valence-electron chi connectivity index (χ3n) is 5.47. The summed E-state index contributed by atoms with van der Waals surface area (Å²) in [5.74, 6) is 0.312. The number of likely N-dealkylation sites (tertiary alicyclic amines) is 1. The fraction of sp³-hybridized carbons (Fsp3) is 0.947. The normalized spacial score (nSPS) is 22.1. The number of aliphatic hydroxyl groups is 1. The summed E-state index contributed by atoms with van der Waals surface area (Å²) in [5, 5.41) is 10.2. The summed E-state index contributed by atoms with van der Waals surface area (Å²) in [6, 6.07) is 0. The van der Waals surface area contributed by atoms with E-state index in [0.29, 0.717) is 18.9 Å². The number of nitrogens with zero attached hydrogens (tertiary/aromatic N) is 3. The van der Waals surface area contributed by atoms with Crippen LogP contribution in [0.2, 0.25) is 0 Å². The van der Waals surface area contributed by atoms with Crippen LogP contribution in [0, 0.1) is 5.41 Å². The number of β-amino-alcohol motifs (C(OH)–C–C–N with tert-alkyl or cyclic N) is 1. The molecule has 1 amide bonds. The molecular weight excluding hydrogens is 302 g/mol. The predicted octanol–water partition coefficient (Wildman–Crippen LogP) is 1.80. The van der Waals surface area contributed by atoms with Crippen molar-refractivity contribution >= 4 is 5.91 Å². The second-order valence-corrected chi connectivity index (χ2v) is 8.57. The fourth-order valence-corrected chi connectivity index (χ4v) is 3.47. The summed E-state index contributed by atoms with van der Waals surface area (Å²) in [7, 11) is 0. The van der Waals surface area contributed by atoms with E-state index in [1.54, 1.807) is 0 Å². The monoisotopic (exact) mass is 339 g/mol. The topological polar surface area (TPSA) is 47.0 Å². The van der Waals surface area contributed by atoms with E-state index in [4.69, 9.17) is 0 Å². The van der Waals surface area contributed by atoms with Crippen LogP contribution in [0.25, 0.3) is 0 Å². The Morgan fingerprint density at radius 3 is 2.17 bits per heavy atom. The van der Waals surface area contributed by atoms with Crippen molar-refractivity contribution in [1.29, 1.82) is 0 Å². The second-order valence-electron chi connectivity index (χ2n) is 8.57. The number of piperazine rings is 1. The zero-order valence-corrected chi connectivity index (χ0v) is 16.0. The van der Waals surface area contributed by atoms with Gasteiger partial charge in [0, 0.05) is 39.1 Å². The molecule has 2 aliphatic heterocycles. The van der Waals surface area contributed by atoms with Gasteiger partial charge in [0.1, 0.15) is 0 Å². The number of carbonyl (C=O) groups is 1. The summed E-state index contributed by atoms with van der Waals surface area (Å²) < 4.78 is 0. The molecule has 2 heterocycles. The first kappa shape index (κ1) is 19.7. The number of amides is 1. The molecule has 0 spiro atoms. The Kier molecular flexibility index (Phi) is 7.51. The highest BCUT2D eigenvalue weighted by atomic mass is 16.3. The van der Waals surface area contributed by atoms with Crippen LogP contribution in [0.3, 0.4) is 0 Å². The Morgan fingerprint density at radius 2 is 1.58 bits per heavy atom. The lowest BCUT2D eigenvalue weighted by Crippen LogP contribution is -2.51. The summed E-state index contributed by atoms with van der Waals surface area (Å²) in [5.41, 5.74) is -0.0811. The van der Waals surface area contributed by atoms with Crippen LogP contribution in [-0.4, -0.2) is 84.2 Å². The van der Waals surface area contributed by atoms with Crippen molar-refractivity contribution in [3.05, 3.63) is 0 Å². The minimum Gasteiger partial charge on any atom is -0.391 e. The summed E-state index contributed by atoms with van der Waals surface area (Å²) in [4.78, 5) is 19.1. The summed E-state index contributed by atoms with van der Waals surface area (Å²) in [6.45, 7) is 13.9. The number of carbonyl (C=O) groups excluding carboxylic acids is 1. The third kappa shape index (κ3) is 6.34. The lowest BCUT2D eigenvalue weighted by molar-refractivity contribution is -0.133. The Bertz CT molecular complexity index is 381. The highest BCUT2D eigenvalue weighted by Gasteiger charge is 2.27. The van der Waals surface area contributed by atoms with Crippen molar-refractivity contribution in [2.45, 2.75) is 59.0 Å². The van der Waals surface area contributed by atoms with Crippen LogP contribution in [0.4, 0.5) is 0 Å². The van der Waals surface area contributed by atoms with E-state index in [2.05, 4.69) is 30.6 Å². The van der Waals surface area contributed by atoms with Gasteiger partial charge >= 0.3 is 0 Å². The first-order chi connectivity index (χ1) is 11.4. The van der Waals surface area contributed by atoms with Crippen molar-refractivity contribution in [2.24, 2.45) is 5.41 Å². The second kappa shape index (κ2) is 9.16. The average Bonchev–Trinajstić information content (AvgIpc) is 3.04. The Balaban J connectivity index is 1.58. The first-order valence-corrected chi connectivity index (χ1v) is 9.77. The maximum atomic E-state index is 12.3. The lowest BCUT2D eigenvalue weighted by atomic mass is 9.89. The van der Waals surface area contributed by atoms with Crippen LogP contribution < -0.4 is 0 Å². The van der Waals surface area contributed by atoms with E-state index in [-0.39, 0.29) is 11.5 Å². The van der Waals surface area contributed by atoms with Gasteiger partial charge in [0.25, 0.3) is 0 Å². The molecule has 2 rings (SSSR count). The molecular formula is C19H37N3O2. The van der Waals surface area contributed by atoms with Gasteiger partial charge in [-0.15, -0.1) is 0 Å². The number of hydrogen-bond donors (Lipinski definition) is 1. The van der Waals surface area contributed by atoms with Crippen molar-refractivity contribution < 1.29 is 9.90 Å². The maximum Gasteiger partial charge on any atom is 0.222 e. The average molecular weight is 340 g/mol. The minimum atomic E-state index is -0.315. The van der Waals surface area contributed by atoms with Gasteiger partial charge < -0.3 is 14.9 Å². The van der Waals surface area contributed by atoms with Crippen LogP contribution in [0.15, 0.2) is 0 Å². The van der Waals surface area contributed by atoms with E-state index in [1.165, 1.54) is 25.9 Å². The summed E-state index contributed by atoms with van der Waals surface area (Å²) >= 11 is 0. The largest absolute Gasteiger partial charge is 0.391 e. The molecule has 0 saturated carbocycles. The van der Waals surface area contributed by atoms with Crippen LogP contribution >= 0.6 is 0 Å². The molecule has 0 aromatic carbocycles. The highest BCUT2D eigenvalue weighted by Crippen LogP contribution is 2.20. The van der Waals surface area contributed by atoms with Gasteiger partial charge in [-0.3, -0.25) is 9.69 Å². The van der Waals surface area contributed by atoms with Gasteiger partial charge in [-0.25, -0.2) is 0 Å². The zero-order chi connectivity index (χ0) is 17.6. The standard InChI is InChI=1S/C19H37N3O2/c1-19(2,3)17(23)16-21-12-14-22(15-13-21)18(24)8-4-5-9-20-10-6-7-11-20/h17,23H,4-16H2,1-3H3/t17-/m1/s1. The Morgan fingerprint density at radius 1 is 0.958 bits per heavy atom. The smallest absolute Gasteiger partial charge is 0.222 e. The Labute approximate surface area is 148 Å². The van der Waals surface area contributed by atoms with Crippen molar-refractivity contribution in [3.8, 4) is 0 Å². The molecule has 0 aromatic heterocycles. The van der Waals surface area contributed by atoms with Gasteiger partial charge in [-0.1, -0.05) is 20.8 Å². The van der Waals surface area contributed by atoms with Gasteiger partial charge in [0.15, 0.2) is 0 Å². The predicted molar refractivity (Wildman–Crippen MR) is 98.0 cm³/mol. The van der Waals surface area contributed by atoms with Crippen molar-refractivity contribution in [2.75, 3.05) is 52.4 Å². The van der Waals surface area contributed by atoms with E-state index in [9.17, 15) is 9.90 Å².